The minimum Gasteiger partial charge on any atom is -0.309 e. The third-order valence-electron chi connectivity index (χ3n) is 18.2. The van der Waals surface area contributed by atoms with Gasteiger partial charge in [0.25, 0.3) is 0 Å². The molecule has 0 saturated heterocycles. The summed E-state index contributed by atoms with van der Waals surface area (Å²) in [6, 6.07) is 113. The predicted octanol–water partition coefficient (Wildman–Crippen LogP) is 21.1. The number of para-hydroxylation sites is 6. The van der Waals surface area contributed by atoms with Crippen LogP contribution in [-0.4, -0.2) is 28.2 Å². The van der Waals surface area contributed by atoms with E-state index in [0.29, 0.717) is 11.4 Å². The monoisotopic (exact) mass is 1150 g/mol. The summed E-state index contributed by atoms with van der Waals surface area (Å²) in [5, 5.41) is 19.7. The molecule has 7 nitrogen and oxygen atoms in total. The van der Waals surface area contributed by atoms with Crippen molar-refractivity contribution < 1.29 is 0 Å². The van der Waals surface area contributed by atoms with Gasteiger partial charge in [-0.05, 0) is 174 Å². The van der Waals surface area contributed by atoms with Gasteiger partial charge in [0.15, 0.2) is 5.82 Å². The molecule has 0 N–H and O–H groups in total. The van der Waals surface area contributed by atoms with E-state index in [1.165, 1.54) is 81.8 Å². The molecule has 0 radical (unpaired) electrons. The SMILES string of the molecule is N#Cc1cccc(-c2cc(-c3ccc(-n4c5ccccc5c5cc(-c6ccc7c(c6)c6ccccc6n7-c6ccccc6)ccc54)cc3)nc(-c3ccc(-n4c5ccccc5c5cc(-c6ccc7c(c6)c6ccccc6n7-c6ccccc6)ccc54)cc3)n2)c1. The first-order valence-electron chi connectivity index (χ1n) is 30.4. The van der Waals surface area contributed by atoms with Gasteiger partial charge in [0.2, 0.25) is 0 Å². The zero-order valence-electron chi connectivity index (χ0n) is 48.6. The highest BCUT2D eigenvalue weighted by Crippen LogP contribution is 2.42. The quantitative estimate of drug-likeness (QED) is 0.145. The van der Waals surface area contributed by atoms with Crippen LogP contribution in [0.15, 0.2) is 309 Å². The molecule has 0 saturated carbocycles. The lowest BCUT2D eigenvalue weighted by atomic mass is 10.0. The van der Waals surface area contributed by atoms with E-state index in [2.05, 4.69) is 303 Å². The van der Waals surface area contributed by atoms with Crippen LogP contribution in [0.1, 0.15) is 5.56 Å². The molecule has 0 aliphatic carbocycles. The molecule has 18 rings (SSSR count). The van der Waals surface area contributed by atoms with E-state index >= 15 is 0 Å². The summed E-state index contributed by atoms with van der Waals surface area (Å²) in [6.07, 6.45) is 0. The fourth-order valence-corrected chi connectivity index (χ4v) is 14.0. The molecule has 5 aromatic heterocycles. The Morgan fingerprint density at radius 3 is 0.911 bits per heavy atom. The van der Waals surface area contributed by atoms with Crippen LogP contribution in [0.2, 0.25) is 0 Å². The minimum absolute atomic E-state index is 0.570. The molecule has 13 aromatic carbocycles. The Kier molecular flexibility index (Phi) is 11.5. The summed E-state index contributed by atoms with van der Waals surface area (Å²) in [5.41, 5.74) is 23.1. The van der Waals surface area contributed by atoms with E-state index in [1.54, 1.807) is 0 Å². The number of nitriles is 1. The molecule has 418 valence electrons. The molecular formula is C83H51N7. The second kappa shape index (κ2) is 20.4. The van der Waals surface area contributed by atoms with Crippen LogP contribution in [0, 0.1) is 11.3 Å². The molecule has 0 atom stereocenters. The van der Waals surface area contributed by atoms with Gasteiger partial charge < -0.3 is 18.3 Å². The van der Waals surface area contributed by atoms with Gasteiger partial charge >= 0.3 is 0 Å². The molecule has 0 unspecified atom stereocenters. The number of nitrogens with zero attached hydrogens (tertiary/aromatic N) is 7. The molecular weight excluding hydrogens is 1090 g/mol. The van der Waals surface area contributed by atoms with E-state index in [1.807, 2.05) is 30.3 Å². The van der Waals surface area contributed by atoms with Crippen molar-refractivity contribution in [3.63, 3.8) is 0 Å². The Balaban J connectivity index is 0.692. The van der Waals surface area contributed by atoms with Crippen LogP contribution < -0.4 is 0 Å². The number of rotatable bonds is 9. The third kappa shape index (κ3) is 8.13. The summed E-state index contributed by atoms with van der Waals surface area (Å²) < 4.78 is 9.45. The summed E-state index contributed by atoms with van der Waals surface area (Å²) in [5.74, 6) is 0.593. The van der Waals surface area contributed by atoms with Crippen molar-refractivity contribution in [1.29, 1.82) is 5.26 Å². The van der Waals surface area contributed by atoms with Crippen molar-refractivity contribution in [2.24, 2.45) is 0 Å². The van der Waals surface area contributed by atoms with Crippen LogP contribution in [0.3, 0.4) is 0 Å². The van der Waals surface area contributed by atoms with Crippen molar-refractivity contribution in [3.8, 4) is 85.0 Å². The highest BCUT2D eigenvalue weighted by atomic mass is 15.0. The van der Waals surface area contributed by atoms with Crippen LogP contribution in [-0.2, 0) is 0 Å². The Labute approximate surface area is 517 Å². The fraction of sp³-hybridized carbons (Fsp3) is 0. The second-order valence-corrected chi connectivity index (χ2v) is 23.3. The van der Waals surface area contributed by atoms with Crippen molar-refractivity contribution in [2.45, 2.75) is 0 Å². The van der Waals surface area contributed by atoms with Gasteiger partial charge in [0.05, 0.1) is 67.2 Å². The highest BCUT2D eigenvalue weighted by molar-refractivity contribution is 6.15. The Hall–Kier alpha value is -12.4. The maximum Gasteiger partial charge on any atom is 0.160 e. The van der Waals surface area contributed by atoms with E-state index < -0.39 is 0 Å². The molecule has 18 aromatic rings. The Bertz CT molecular complexity index is 5620. The zero-order chi connectivity index (χ0) is 59.4. The second-order valence-electron chi connectivity index (χ2n) is 23.3. The normalized spacial score (nSPS) is 11.8. The number of aromatic nitrogens is 6. The molecule has 0 bridgehead atoms. The summed E-state index contributed by atoms with van der Waals surface area (Å²) in [7, 11) is 0. The van der Waals surface area contributed by atoms with Crippen molar-refractivity contribution >= 4 is 87.2 Å². The average Bonchev–Trinajstić information content (AvgIpc) is 1.73. The lowest BCUT2D eigenvalue weighted by molar-refractivity contribution is 1.16. The summed E-state index contributed by atoms with van der Waals surface area (Å²) in [6.45, 7) is 0. The molecule has 0 aliphatic heterocycles. The van der Waals surface area contributed by atoms with Gasteiger partial charge in [-0.25, -0.2) is 9.97 Å². The minimum atomic E-state index is 0.570. The lowest BCUT2D eigenvalue weighted by Gasteiger charge is -2.13. The maximum absolute atomic E-state index is 9.99. The van der Waals surface area contributed by atoms with Crippen LogP contribution in [0.4, 0.5) is 0 Å². The number of fused-ring (bicyclic) bond motifs is 12. The largest absolute Gasteiger partial charge is 0.309 e. The van der Waals surface area contributed by atoms with Gasteiger partial charge in [-0.3, -0.25) is 0 Å². The van der Waals surface area contributed by atoms with Crippen LogP contribution in [0.5, 0.6) is 0 Å². The smallest absolute Gasteiger partial charge is 0.160 e. The predicted molar refractivity (Wildman–Crippen MR) is 371 cm³/mol. The number of hydrogen-bond acceptors (Lipinski definition) is 3. The van der Waals surface area contributed by atoms with Crippen molar-refractivity contribution in [1.82, 2.24) is 28.2 Å². The first-order chi connectivity index (χ1) is 44.6. The Morgan fingerprint density at radius 2 is 0.533 bits per heavy atom. The topological polar surface area (TPSA) is 69.3 Å². The molecule has 90 heavy (non-hydrogen) atoms. The summed E-state index contributed by atoms with van der Waals surface area (Å²) in [4.78, 5) is 10.5. The van der Waals surface area contributed by atoms with Gasteiger partial charge in [0.1, 0.15) is 0 Å². The van der Waals surface area contributed by atoms with Crippen LogP contribution >= 0.6 is 0 Å². The first kappa shape index (κ1) is 50.9. The average molecular weight is 1150 g/mol. The molecule has 5 heterocycles. The van der Waals surface area contributed by atoms with E-state index in [-0.39, 0.29) is 0 Å². The highest BCUT2D eigenvalue weighted by Gasteiger charge is 2.20. The molecule has 0 aliphatic rings. The van der Waals surface area contributed by atoms with Crippen molar-refractivity contribution in [3.05, 3.63) is 315 Å². The van der Waals surface area contributed by atoms with Crippen molar-refractivity contribution in [2.75, 3.05) is 0 Å². The van der Waals surface area contributed by atoms with Crippen LogP contribution in [0.25, 0.3) is 166 Å². The van der Waals surface area contributed by atoms with Gasteiger partial charge in [-0.1, -0.05) is 158 Å². The van der Waals surface area contributed by atoms with Gasteiger partial charge in [-0.15, -0.1) is 0 Å². The molecule has 0 fully saturated rings. The standard InChI is InChI=1S/C83H51N7/c84-52-53-16-15-17-60(46-53)74-51-73(54-30-38-63(39-31-54)89-77-28-13-9-24-67(77)71-49-58(36-44-81(71)89)56-34-42-79-69(47-56)65-22-7-11-26-75(65)87(79)61-18-3-1-4-19-61)85-83(86-74)55-32-40-64(41-33-55)90-78-29-14-10-25-68(78)72-50-59(37-45-82(72)90)57-35-43-80-70(48-57)66-23-8-12-27-76(66)88(80)62-20-5-2-6-21-62/h1-51H. The lowest BCUT2D eigenvalue weighted by Crippen LogP contribution is -1.98. The molecule has 7 heteroatoms. The van der Waals surface area contributed by atoms with E-state index in [0.717, 1.165) is 78.5 Å². The van der Waals surface area contributed by atoms with Gasteiger partial charge in [-0.2, -0.15) is 5.26 Å². The number of hydrogen-bond donors (Lipinski definition) is 0. The first-order valence-corrected chi connectivity index (χ1v) is 30.4. The number of benzene rings is 13. The third-order valence-corrected chi connectivity index (χ3v) is 18.2. The fourth-order valence-electron chi connectivity index (χ4n) is 14.0. The van der Waals surface area contributed by atoms with Gasteiger partial charge in [0, 0.05) is 82.5 Å². The van der Waals surface area contributed by atoms with E-state index in [4.69, 9.17) is 9.97 Å². The molecule has 0 amide bonds. The Morgan fingerprint density at radius 1 is 0.222 bits per heavy atom. The zero-order valence-corrected chi connectivity index (χ0v) is 48.6. The van der Waals surface area contributed by atoms with E-state index in [9.17, 15) is 5.26 Å². The summed E-state index contributed by atoms with van der Waals surface area (Å²) >= 11 is 0. The maximum atomic E-state index is 9.99. The molecule has 0 spiro atoms.